The van der Waals surface area contributed by atoms with Crippen LogP contribution in [0.15, 0.2) is 0 Å². The van der Waals surface area contributed by atoms with Gasteiger partial charge in [0, 0.05) is 25.6 Å². The Kier molecular flexibility index (Phi) is 7.52. The molecule has 1 fully saturated rings. The summed E-state index contributed by atoms with van der Waals surface area (Å²) in [5.74, 6) is 1.25. The van der Waals surface area contributed by atoms with Crippen molar-refractivity contribution in [2.24, 2.45) is 17.6 Å². The van der Waals surface area contributed by atoms with Gasteiger partial charge in [-0.15, -0.1) is 0 Å². The van der Waals surface area contributed by atoms with E-state index >= 15 is 0 Å². The molecule has 0 saturated carbocycles. The molecule has 1 heterocycles. The third-order valence-corrected chi connectivity index (χ3v) is 4.45. The van der Waals surface area contributed by atoms with Gasteiger partial charge < -0.3 is 10.6 Å². The first kappa shape index (κ1) is 17.4. The predicted octanol–water partition coefficient (Wildman–Crippen LogP) is 1.94. The Labute approximate surface area is 124 Å². The lowest BCUT2D eigenvalue weighted by molar-refractivity contribution is -0.131. The largest absolute Gasteiger partial charge is 0.341 e. The van der Waals surface area contributed by atoms with Crippen LogP contribution < -0.4 is 5.73 Å². The maximum atomic E-state index is 12.4. The van der Waals surface area contributed by atoms with Crippen LogP contribution in [0.3, 0.4) is 0 Å². The Balaban J connectivity index is 2.45. The average molecular weight is 283 g/mol. The molecule has 2 atom stereocenters. The van der Waals surface area contributed by atoms with Gasteiger partial charge in [-0.1, -0.05) is 27.7 Å². The standard InChI is InChI=1S/C16H33N3O/c1-5-18(6-2)15-7-8-19(12-15)16(20)10-14(11-17)9-13(3)4/h13-15H,5-12,17H2,1-4H3. The maximum Gasteiger partial charge on any atom is 0.222 e. The van der Waals surface area contributed by atoms with E-state index in [1.54, 1.807) is 0 Å². The SMILES string of the molecule is CCN(CC)C1CCN(C(=O)CC(CN)CC(C)C)C1. The smallest absolute Gasteiger partial charge is 0.222 e. The normalized spacial score (nSPS) is 20.9. The highest BCUT2D eigenvalue weighted by molar-refractivity contribution is 5.76. The molecule has 1 saturated heterocycles. The molecule has 0 radical (unpaired) electrons. The van der Waals surface area contributed by atoms with Gasteiger partial charge in [-0.2, -0.15) is 0 Å². The number of nitrogens with two attached hydrogens (primary N) is 1. The van der Waals surface area contributed by atoms with Gasteiger partial charge in [0.2, 0.25) is 5.91 Å². The van der Waals surface area contributed by atoms with E-state index in [-0.39, 0.29) is 0 Å². The van der Waals surface area contributed by atoms with E-state index in [0.717, 1.165) is 39.0 Å². The van der Waals surface area contributed by atoms with Crippen molar-refractivity contribution in [1.82, 2.24) is 9.80 Å². The fourth-order valence-electron chi connectivity index (χ4n) is 3.31. The molecule has 0 bridgehead atoms. The van der Waals surface area contributed by atoms with Crippen LogP contribution in [0.25, 0.3) is 0 Å². The zero-order valence-corrected chi connectivity index (χ0v) is 13.8. The Hall–Kier alpha value is -0.610. The van der Waals surface area contributed by atoms with Crippen molar-refractivity contribution in [1.29, 1.82) is 0 Å². The fourth-order valence-corrected chi connectivity index (χ4v) is 3.31. The number of amides is 1. The van der Waals surface area contributed by atoms with Crippen LogP contribution >= 0.6 is 0 Å². The van der Waals surface area contributed by atoms with Gasteiger partial charge in [-0.25, -0.2) is 0 Å². The highest BCUT2D eigenvalue weighted by atomic mass is 16.2. The lowest BCUT2D eigenvalue weighted by Gasteiger charge is -2.26. The number of nitrogens with zero attached hydrogens (tertiary/aromatic N) is 2. The molecule has 1 aliphatic rings. The summed E-state index contributed by atoms with van der Waals surface area (Å²) in [4.78, 5) is 16.9. The molecule has 1 amide bonds. The summed E-state index contributed by atoms with van der Waals surface area (Å²) in [5, 5.41) is 0. The van der Waals surface area contributed by atoms with E-state index in [9.17, 15) is 4.79 Å². The van der Waals surface area contributed by atoms with Crippen molar-refractivity contribution < 1.29 is 4.79 Å². The fraction of sp³-hybridized carbons (Fsp3) is 0.938. The second-order valence-electron chi connectivity index (χ2n) is 6.44. The molecule has 118 valence electrons. The predicted molar refractivity (Wildman–Crippen MR) is 84.5 cm³/mol. The van der Waals surface area contributed by atoms with Crippen molar-refractivity contribution in [2.75, 3.05) is 32.7 Å². The highest BCUT2D eigenvalue weighted by Gasteiger charge is 2.29. The van der Waals surface area contributed by atoms with Crippen LogP contribution in [0.4, 0.5) is 0 Å². The highest BCUT2D eigenvalue weighted by Crippen LogP contribution is 2.20. The van der Waals surface area contributed by atoms with Crippen LogP contribution in [-0.2, 0) is 4.79 Å². The molecule has 4 nitrogen and oxygen atoms in total. The summed E-state index contributed by atoms with van der Waals surface area (Å²) in [7, 11) is 0. The first-order valence-corrected chi connectivity index (χ1v) is 8.23. The van der Waals surface area contributed by atoms with Gasteiger partial charge >= 0.3 is 0 Å². The molecule has 2 unspecified atom stereocenters. The summed E-state index contributed by atoms with van der Waals surface area (Å²) < 4.78 is 0. The molecule has 4 heteroatoms. The van der Waals surface area contributed by atoms with Gasteiger partial charge in [0.05, 0.1) is 0 Å². The Morgan fingerprint density at radius 3 is 2.50 bits per heavy atom. The minimum absolute atomic E-state index is 0.302. The lowest BCUT2D eigenvalue weighted by Crippen LogP contribution is -2.39. The van der Waals surface area contributed by atoms with E-state index < -0.39 is 0 Å². The van der Waals surface area contributed by atoms with Crippen molar-refractivity contribution in [3.63, 3.8) is 0 Å². The third kappa shape index (κ3) is 5.06. The van der Waals surface area contributed by atoms with Crippen LogP contribution in [0.2, 0.25) is 0 Å². The number of likely N-dealkylation sites (N-methyl/N-ethyl adjacent to an activating group) is 1. The molecule has 0 spiro atoms. The summed E-state index contributed by atoms with van der Waals surface area (Å²) >= 11 is 0. The zero-order valence-electron chi connectivity index (χ0n) is 13.8. The number of likely N-dealkylation sites (tertiary alicyclic amines) is 1. The van der Waals surface area contributed by atoms with Gasteiger partial charge in [-0.05, 0) is 44.3 Å². The topological polar surface area (TPSA) is 49.6 Å². The third-order valence-electron chi connectivity index (χ3n) is 4.45. The molecule has 0 aliphatic carbocycles. The number of carbonyl (C=O) groups is 1. The quantitative estimate of drug-likeness (QED) is 0.740. The van der Waals surface area contributed by atoms with Crippen LogP contribution in [0.5, 0.6) is 0 Å². The van der Waals surface area contributed by atoms with E-state index in [0.29, 0.717) is 36.8 Å². The zero-order chi connectivity index (χ0) is 15.1. The maximum absolute atomic E-state index is 12.4. The Bertz CT molecular complexity index is 289. The van der Waals surface area contributed by atoms with Crippen LogP contribution in [0, 0.1) is 11.8 Å². The molecule has 0 aromatic carbocycles. The molecule has 0 aromatic heterocycles. The van der Waals surface area contributed by atoms with Gasteiger partial charge in [0.1, 0.15) is 0 Å². The molecular formula is C16H33N3O. The summed E-state index contributed by atoms with van der Waals surface area (Å²) in [5.41, 5.74) is 5.81. The van der Waals surface area contributed by atoms with E-state index in [2.05, 4.69) is 32.6 Å². The first-order chi connectivity index (χ1) is 9.51. The molecule has 1 aliphatic heterocycles. The Morgan fingerprint density at radius 1 is 1.35 bits per heavy atom. The summed E-state index contributed by atoms with van der Waals surface area (Å²) in [6.45, 7) is 13.4. The van der Waals surface area contributed by atoms with Crippen LogP contribution in [-0.4, -0.2) is 54.5 Å². The van der Waals surface area contributed by atoms with E-state index in [1.165, 1.54) is 0 Å². The number of hydrogen-bond acceptors (Lipinski definition) is 3. The molecular weight excluding hydrogens is 250 g/mol. The second-order valence-corrected chi connectivity index (χ2v) is 6.44. The van der Waals surface area contributed by atoms with Gasteiger partial charge in [-0.3, -0.25) is 9.69 Å². The minimum atomic E-state index is 0.302. The lowest BCUT2D eigenvalue weighted by atomic mass is 9.94. The molecule has 0 aromatic rings. The van der Waals surface area contributed by atoms with Gasteiger partial charge in [0.15, 0.2) is 0 Å². The van der Waals surface area contributed by atoms with Gasteiger partial charge in [0.25, 0.3) is 0 Å². The minimum Gasteiger partial charge on any atom is -0.341 e. The first-order valence-electron chi connectivity index (χ1n) is 8.23. The van der Waals surface area contributed by atoms with Crippen LogP contribution in [0.1, 0.15) is 47.0 Å². The van der Waals surface area contributed by atoms with Crippen molar-refractivity contribution in [2.45, 2.75) is 53.0 Å². The molecule has 1 rings (SSSR count). The van der Waals surface area contributed by atoms with Crippen molar-refractivity contribution in [3.8, 4) is 0 Å². The molecule has 20 heavy (non-hydrogen) atoms. The summed E-state index contributed by atoms with van der Waals surface area (Å²) in [6.07, 6.45) is 2.79. The number of rotatable bonds is 8. The number of hydrogen-bond donors (Lipinski definition) is 1. The Morgan fingerprint density at radius 2 is 2.00 bits per heavy atom. The molecule has 2 N–H and O–H groups in total. The van der Waals surface area contributed by atoms with Crippen molar-refractivity contribution >= 4 is 5.91 Å². The summed E-state index contributed by atoms with van der Waals surface area (Å²) in [6, 6.07) is 0.551. The second kappa shape index (κ2) is 8.63. The average Bonchev–Trinajstić information content (AvgIpc) is 2.88. The monoisotopic (exact) mass is 283 g/mol. The van der Waals surface area contributed by atoms with E-state index in [4.69, 9.17) is 5.73 Å². The number of carbonyl (C=O) groups excluding carboxylic acids is 1. The van der Waals surface area contributed by atoms with Crippen molar-refractivity contribution in [3.05, 3.63) is 0 Å². The van der Waals surface area contributed by atoms with E-state index in [1.807, 2.05) is 4.90 Å².